The molecule has 0 atom stereocenters. The fourth-order valence-electron chi connectivity index (χ4n) is 1.95. The van der Waals surface area contributed by atoms with E-state index in [4.69, 9.17) is 0 Å². The lowest BCUT2D eigenvalue weighted by Gasteiger charge is -2.22. The summed E-state index contributed by atoms with van der Waals surface area (Å²) in [4.78, 5) is 0. The molecule has 0 aromatic heterocycles. The first-order chi connectivity index (χ1) is 10.3. The summed E-state index contributed by atoms with van der Waals surface area (Å²) in [6.07, 6.45) is 4.04. The zero-order valence-corrected chi connectivity index (χ0v) is 20.4. The van der Waals surface area contributed by atoms with Gasteiger partial charge in [0, 0.05) is 0 Å². The number of rotatable bonds is 3. The van der Waals surface area contributed by atoms with E-state index in [-0.39, 0.29) is 22.3 Å². The van der Waals surface area contributed by atoms with Crippen LogP contribution in [0.1, 0.15) is 145 Å². The van der Waals surface area contributed by atoms with Gasteiger partial charge < -0.3 is 0 Å². The highest BCUT2D eigenvalue weighted by Gasteiger charge is 2.13. The van der Waals surface area contributed by atoms with E-state index in [2.05, 4.69) is 104 Å². The van der Waals surface area contributed by atoms with Crippen LogP contribution in [0.4, 0.5) is 0 Å². The molecule has 0 saturated heterocycles. The van der Waals surface area contributed by atoms with Crippen LogP contribution in [-0.4, -0.2) is 0 Å². The van der Waals surface area contributed by atoms with E-state index >= 15 is 0 Å². The summed E-state index contributed by atoms with van der Waals surface area (Å²) in [6, 6.07) is 0. The molecule has 0 saturated carbocycles. The van der Waals surface area contributed by atoms with Crippen molar-refractivity contribution in [3.05, 3.63) is 0 Å². The lowest BCUT2D eigenvalue weighted by Crippen LogP contribution is -2.12. The summed E-state index contributed by atoms with van der Waals surface area (Å²) < 4.78 is 0. The minimum absolute atomic E-state index is 0. The van der Waals surface area contributed by atoms with Crippen molar-refractivity contribution in [2.75, 3.05) is 0 Å². The Morgan fingerprint density at radius 3 is 0.852 bits per heavy atom. The number of hydrogen-bond donors (Lipinski definition) is 0. The van der Waals surface area contributed by atoms with Crippen LogP contribution in [0.2, 0.25) is 0 Å². The zero-order valence-electron chi connectivity index (χ0n) is 20.4. The smallest absolute Gasteiger partial charge is 0.0360 e. The Morgan fingerprint density at radius 1 is 0.519 bits per heavy atom. The molecule has 0 unspecified atom stereocenters. The van der Waals surface area contributed by atoms with Crippen molar-refractivity contribution in [2.45, 2.75) is 145 Å². The van der Waals surface area contributed by atoms with Gasteiger partial charge in [-0.25, -0.2) is 0 Å². The van der Waals surface area contributed by atoms with Crippen molar-refractivity contribution in [1.29, 1.82) is 0 Å². The van der Waals surface area contributed by atoms with Crippen LogP contribution in [0.5, 0.6) is 0 Å². The molecule has 0 radical (unpaired) electrons. The normalized spacial score (nSPS) is 11.3. The Bertz CT molecular complexity index is 260. The lowest BCUT2D eigenvalue weighted by molar-refractivity contribution is 0.283. The molecule has 0 amide bonds. The van der Waals surface area contributed by atoms with Crippen LogP contribution in [0.15, 0.2) is 0 Å². The van der Waals surface area contributed by atoms with E-state index in [0.29, 0.717) is 16.2 Å². The molecule has 174 valence electrons. The molecule has 0 heterocycles. The van der Waals surface area contributed by atoms with Gasteiger partial charge in [-0.05, 0) is 46.8 Å². The average Bonchev–Trinajstić information content (AvgIpc) is 2.22. The van der Waals surface area contributed by atoms with Crippen molar-refractivity contribution in [3.63, 3.8) is 0 Å². The predicted octanol–water partition coefficient (Wildman–Crippen LogP) is 11.1. The standard InChI is InChI=1S/C9H20.C8H18.C7H16.3CH4/c1-8(2)6-7-9(3,4)5;1-7(2)6-8(3,4)5;1-6(2)7(3,4)5;;;/h8H,6-7H2,1-5H3;7H,6H2,1-5H3;6H,1-5H3;3*1H4. The van der Waals surface area contributed by atoms with Crippen molar-refractivity contribution in [1.82, 2.24) is 0 Å². The third kappa shape index (κ3) is 51.8. The van der Waals surface area contributed by atoms with Crippen molar-refractivity contribution >= 4 is 0 Å². The van der Waals surface area contributed by atoms with E-state index in [1.54, 1.807) is 0 Å². The van der Waals surface area contributed by atoms with Crippen molar-refractivity contribution < 1.29 is 0 Å². The minimum atomic E-state index is 0. The minimum Gasteiger partial charge on any atom is -0.0776 e. The zero-order chi connectivity index (χ0) is 20.4. The van der Waals surface area contributed by atoms with Gasteiger partial charge in [0.1, 0.15) is 0 Å². The van der Waals surface area contributed by atoms with E-state index in [9.17, 15) is 0 Å². The molecule has 0 aromatic rings. The molecule has 0 N–H and O–H groups in total. The largest absolute Gasteiger partial charge is 0.0776 e. The molecule has 0 spiro atoms. The van der Waals surface area contributed by atoms with Crippen LogP contribution < -0.4 is 0 Å². The fraction of sp³-hybridized carbons (Fsp3) is 1.00. The van der Waals surface area contributed by atoms with Crippen LogP contribution in [0.3, 0.4) is 0 Å². The molecule has 0 rings (SSSR count). The molecule has 0 aliphatic carbocycles. The maximum atomic E-state index is 2.30. The summed E-state index contributed by atoms with van der Waals surface area (Å²) >= 11 is 0. The maximum Gasteiger partial charge on any atom is -0.0360 e. The van der Waals surface area contributed by atoms with E-state index in [1.807, 2.05) is 0 Å². The van der Waals surface area contributed by atoms with Crippen molar-refractivity contribution in [3.8, 4) is 0 Å². The number of hydrogen-bond acceptors (Lipinski definition) is 0. The monoisotopic (exact) mass is 391 g/mol. The van der Waals surface area contributed by atoms with Gasteiger partial charge in [0.25, 0.3) is 0 Å². The molecule has 0 fully saturated rings. The van der Waals surface area contributed by atoms with Gasteiger partial charge in [-0.2, -0.15) is 0 Å². The molecule has 0 aliphatic heterocycles. The average molecular weight is 391 g/mol. The fourth-order valence-corrected chi connectivity index (χ4v) is 1.95. The SMILES string of the molecule is C.C.C.CC(C)C(C)(C)C.CC(C)CC(C)(C)C.CC(C)CCC(C)(C)C. The first-order valence-electron chi connectivity index (χ1n) is 10.3. The Kier molecular flexibility index (Phi) is 27.7. The van der Waals surface area contributed by atoms with Crippen LogP contribution >= 0.6 is 0 Å². The van der Waals surface area contributed by atoms with Crippen LogP contribution in [0.25, 0.3) is 0 Å². The molecular formula is C27H66. The van der Waals surface area contributed by atoms with E-state index in [1.165, 1.54) is 19.3 Å². The van der Waals surface area contributed by atoms with E-state index in [0.717, 1.165) is 17.8 Å². The first-order valence-corrected chi connectivity index (χ1v) is 10.3. The maximum absolute atomic E-state index is 2.30. The second-order valence-corrected chi connectivity index (χ2v) is 12.2. The van der Waals surface area contributed by atoms with Gasteiger partial charge in [0.2, 0.25) is 0 Å². The molecule has 0 bridgehead atoms. The highest BCUT2D eigenvalue weighted by atomic mass is 14.2. The Balaban J connectivity index is -0.0000000584. The lowest BCUT2D eigenvalue weighted by atomic mass is 9.84. The van der Waals surface area contributed by atoms with Gasteiger partial charge in [-0.15, -0.1) is 0 Å². The molecule has 0 heteroatoms. The highest BCUT2D eigenvalue weighted by Crippen LogP contribution is 2.24. The van der Waals surface area contributed by atoms with Gasteiger partial charge >= 0.3 is 0 Å². The first kappa shape index (κ1) is 41.4. The predicted molar refractivity (Wildman–Crippen MR) is 137 cm³/mol. The molecular weight excluding hydrogens is 324 g/mol. The summed E-state index contributed by atoms with van der Waals surface area (Å²) in [5.74, 6) is 2.51. The van der Waals surface area contributed by atoms with Gasteiger partial charge in [0.05, 0.1) is 0 Å². The third-order valence-electron chi connectivity index (χ3n) is 4.22. The summed E-state index contributed by atoms with van der Waals surface area (Å²) in [6.45, 7) is 34.1. The highest BCUT2D eigenvalue weighted by molar-refractivity contribution is 4.64. The molecule has 27 heavy (non-hydrogen) atoms. The van der Waals surface area contributed by atoms with Gasteiger partial charge in [-0.3, -0.25) is 0 Å². The van der Waals surface area contributed by atoms with Crippen molar-refractivity contribution in [2.24, 2.45) is 34.0 Å². The van der Waals surface area contributed by atoms with Gasteiger partial charge in [-0.1, -0.05) is 133 Å². The second-order valence-electron chi connectivity index (χ2n) is 12.2. The summed E-state index contributed by atoms with van der Waals surface area (Å²) in [5.41, 5.74) is 1.55. The van der Waals surface area contributed by atoms with Crippen LogP contribution in [0, 0.1) is 34.0 Å². The Labute approximate surface area is 179 Å². The molecule has 0 nitrogen and oxygen atoms in total. The molecule has 0 aromatic carbocycles. The van der Waals surface area contributed by atoms with E-state index < -0.39 is 0 Å². The summed E-state index contributed by atoms with van der Waals surface area (Å²) in [7, 11) is 0. The molecule has 0 aliphatic rings. The topological polar surface area (TPSA) is 0 Å². The van der Waals surface area contributed by atoms with Crippen LogP contribution in [-0.2, 0) is 0 Å². The second kappa shape index (κ2) is 18.1. The Hall–Kier alpha value is 0. The third-order valence-corrected chi connectivity index (χ3v) is 4.22. The Morgan fingerprint density at radius 2 is 0.815 bits per heavy atom. The summed E-state index contributed by atoms with van der Waals surface area (Å²) in [5, 5.41) is 0. The van der Waals surface area contributed by atoms with Gasteiger partial charge in [0.15, 0.2) is 0 Å². The quantitative estimate of drug-likeness (QED) is 0.449.